The Morgan fingerprint density at radius 1 is 1.15 bits per heavy atom. The van der Waals surface area contributed by atoms with Crippen molar-refractivity contribution in [2.75, 3.05) is 6.54 Å². The summed E-state index contributed by atoms with van der Waals surface area (Å²) in [5.74, 6) is 0. The lowest BCUT2D eigenvalue weighted by Gasteiger charge is -2.43. The van der Waals surface area contributed by atoms with Crippen molar-refractivity contribution in [3.63, 3.8) is 0 Å². The van der Waals surface area contributed by atoms with E-state index in [1.165, 1.54) is 57.9 Å². The highest BCUT2D eigenvalue weighted by Gasteiger charge is 2.35. The van der Waals surface area contributed by atoms with E-state index >= 15 is 0 Å². The summed E-state index contributed by atoms with van der Waals surface area (Å²) < 4.78 is 0. The highest BCUT2D eigenvalue weighted by atomic mass is 14.9. The van der Waals surface area contributed by atoms with Gasteiger partial charge in [-0.05, 0) is 37.5 Å². The number of rotatable bonds is 1. The van der Waals surface area contributed by atoms with Crippen molar-refractivity contribution in [3.05, 3.63) is 0 Å². The Hall–Kier alpha value is -0.0400. The normalized spacial score (nSPS) is 33.5. The van der Waals surface area contributed by atoms with Gasteiger partial charge in [-0.3, -0.25) is 0 Å². The molecule has 1 saturated heterocycles. The molecule has 0 radical (unpaired) electrons. The van der Waals surface area contributed by atoms with Crippen molar-refractivity contribution in [1.29, 1.82) is 0 Å². The van der Waals surface area contributed by atoms with E-state index in [0.29, 0.717) is 0 Å². The highest BCUT2D eigenvalue weighted by molar-refractivity contribution is 4.90. The standard InChI is InChI=1S/C12H23N/c1-2-11-6-9-12(10-13-11)7-4-3-5-8-12/h11,13H,2-10H2,1H3. The zero-order valence-corrected chi connectivity index (χ0v) is 8.94. The molecule has 1 nitrogen and oxygen atoms in total. The molecule has 1 aliphatic heterocycles. The molecule has 1 heteroatoms. The summed E-state index contributed by atoms with van der Waals surface area (Å²) in [5.41, 5.74) is 0.726. The summed E-state index contributed by atoms with van der Waals surface area (Å²) in [4.78, 5) is 0. The van der Waals surface area contributed by atoms with Crippen LogP contribution in [0.5, 0.6) is 0 Å². The zero-order valence-electron chi connectivity index (χ0n) is 8.94. The van der Waals surface area contributed by atoms with E-state index in [1.54, 1.807) is 0 Å². The van der Waals surface area contributed by atoms with Crippen molar-refractivity contribution in [2.45, 2.75) is 64.3 Å². The second-order valence-corrected chi connectivity index (χ2v) is 5.09. The van der Waals surface area contributed by atoms with Crippen LogP contribution in [0.1, 0.15) is 58.3 Å². The minimum absolute atomic E-state index is 0.726. The lowest BCUT2D eigenvalue weighted by Crippen LogP contribution is -2.46. The van der Waals surface area contributed by atoms with Crippen LogP contribution in [0.3, 0.4) is 0 Å². The topological polar surface area (TPSA) is 12.0 Å². The van der Waals surface area contributed by atoms with E-state index in [1.807, 2.05) is 0 Å². The largest absolute Gasteiger partial charge is 0.313 e. The molecule has 1 N–H and O–H groups in total. The van der Waals surface area contributed by atoms with Crippen LogP contribution in [0.2, 0.25) is 0 Å². The van der Waals surface area contributed by atoms with E-state index in [-0.39, 0.29) is 0 Å². The molecular weight excluding hydrogens is 158 g/mol. The second kappa shape index (κ2) is 4.00. The monoisotopic (exact) mass is 181 g/mol. The van der Waals surface area contributed by atoms with Gasteiger partial charge in [0.1, 0.15) is 0 Å². The van der Waals surface area contributed by atoms with Gasteiger partial charge < -0.3 is 5.32 Å². The number of piperidine rings is 1. The molecule has 2 aliphatic rings. The third-order valence-electron chi connectivity index (χ3n) is 4.20. The van der Waals surface area contributed by atoms with Crippen LogP contribution in [0.25, 0.3) is 0 Å². The SMILES string of the molecule is CCC1CCC2(CCCCC2)CN1. The van der Waals surface area contributed by atoms with Gasteiger partial charge in [0.15, 0.2) is 0 Å². The van der Waals surface area contributed by atoms with Gasteiger partial charge in [0.25, 0.3) is 0 Å². The van der Waals surface area contributed by atoms with Crippen LogP contribution in [-0.2, 0) is 0 Å². The molecular formula is C12H23N. The van der Waals surface area contributed by atoms with Gasteiger partial charge in [-0.15, -0.1) is 0 Å². The molecule has 1 aliphatic carbocycles. The smallest absolute Gasteiger partial charge is 0.00648 e. The van der Waals surface area contributed by atoms with Crippen LogP contribution >= 0.6 is 0 Å². The molecule has 2 rings (SSSR count). The molecule has 1 saturated carbocycles. The first kappa shape index (κ1) is 9.51. The molecule has 2 fully saturated rings. The van der Waals surface area contributed by atoms with Crippen molar-refractivity contribution in [1.82, 2.24) is 5.32 Å². The molecule has 1 unspecified atom stereocenters. The summed E-state index contributed by atoms with van der Waals surface area (Å²) in [5, 5.41) is 3.73. The van der Waals surface area contributed by atoms with Gasteiger partial charge in [0.05, 0.1) is 0 Å². The zero-order chi connectivity index (χ0) is 9.15. The molecule has 0 aromatic heterocycles. The average Bonchev–Trinajstić information content (AvgIpc) is 2.20. The second-order valence-electron chi connectivity index (χ2n) is 5.09. The summed E-state index contributed by atoms with van der Waals surface area (Å²) in [7, 11) is 0. The molecule has 0 aromatic carbocycles. The molecule has 0 aromatic rings. The molecule has 0 bridgehead atoms. The maximum Gasteiger partial charge on any atom is 0.00648 e. The Morgan fingerprint density at radius 2 is 1.92 bits per heavy atom. The van der Waals surface area contributed by atoms with Crippen LogP contribution in [-0.4, -0.2) is 12.6 Å². The quantitative estimate of drug-likeness (QED) is 0.655. The van der Waals surface area contributed by atoms with Gasteiger partial charge in [0, 0.05) is 12.6 Å². The van der Waals surface area contributed by atoms with Crippen molar-refractivity contribution < 1.29 is 0 Å². The van der Waals surface area contributed by atoms with Gasteiger partial charge >= 0.3 is 0 Å². The lowest BCUT2D eigenvalue weighted by molar-refractivity contribution is 0.118. The fourth-order valence-corrected chi connectivity index (χ4v) is 3.11. The van der Waals surface area contributed by atoms with Crippen molar-refractivity contribution in [2.24, 2.45) is 5.41 Å². The van der Waals surface area contributed by atoms with E-state index in [0.717, 1.165) is 11.5 Å². The Kier molecular flexibility index (Phi) is 2.92. The summed E-state index contributed by atoms with van der Waals surface area (Å²) >= 11 is 0. The Morgan fingerprint density at radius 3 is 2.46 bits per heavy atom. The molecule has 13 heavy (non-hydrogen) atoms. The van der Waals surface area contributed by atoms with E-state index in [4.69, 9.17) is 0 Å². The Bertz CT molecular complexity index is 149. The first-order valence-corrected chi connectivity index (χ1v) is 6.08. The first-order valence-electron chi connectivity index (χ1n) is 6.08. The molecule has 1 spiro atoms. The fraction of sp³-hybridized carbons (Fsp3) is 1.00. The lowest BCUT2D eigenvalue weighted by atomic mass is 9.68. The maximum absolute atomic E-state index is 3.73. The van der Waals surface area contributed by atoms with Gasteiger partial charge in [-0.1, -0.05) is 26.2 Å². The van der Waals surface area contributed by atoms with Crippen LogP contribution in [0.4, 0.5) is 0 Å². The van der Waals surface area contributed by atoms with Crippen LogP contribution < -0.4 is 5.32 Å². The molecule has 1 atom stereocenters. The number of nitrogens with one attached hydrogen (secondary N) is 1. The maximum atomic E-state index is 3.73. The van der Waals surface area contributed by atoms with Gasteiger partial charge in [-0.25, -0.2) is 0 Å². The Labute approximate surface area is 82.3 Å². The predicted octanol–water partition coefficient (Wildman–Crippen LogP) is 3.10. The minimum atomic E-state index is 0.726. The summed E-state index contributed by atoms with van der Waals surface area (Å²) in [6.07, 6.45) is 11.7. The third-order valence-corrected chi connectivity index (χ3v) is 4.20. The van der Waals surface area contributed by atoms with Crippen LogP contribution in [0, 0.1) is 5.41 Å². The summed E-state index contributed by atoms with van der Waals surface area (Å²) in [6, 6.07) is 0.826. The third kappa shape index (κ3) is 2.07. The minimum Gasteiger partial charge on any atom is -0.313 e. The number of hydrogen-bond acceptors (Lipinski definition) is 1. The number of hydrogen-bond donors (Lipinski definition) is 1. The first-order chi connectivity index (χ1) is 6.35. The van der Waals surface area contributed by atoms with Crippen molar-refractivity contribution >= 4 is 0 Å². The summed E-state index contributed by atoms with van der Waals surface area (Å²) in [6.45, 7) is 3.61. The van der Waals surface area contributed by atoms with Gasteiger partial charge in [0.2, 0.25) is 0 Å². The molecule has 1 heterocycles. The van der Waals surface area contributed by atoms with Gasteiger partial charge in [-0.2, -0.15) is 0 Å². The predicted molar refractivity (Wildman–Crippen MR) is 56.8 cm³/mol. The fourth-order valence-electron chi connectivity index (χ4n) is 3.11. The van der Waals surface area contributed by atoms with E-state index < -0.39 is 0 Å². The Balaban J connectivity index is 1.87. The molecule has 0 amide bonds. The molecule has 76 valence electrons. The van der Waals surface area contributed by atoms with Crippen LogP contribution in [0.15, 0.2) is 0 Å². The average molecular weight is 181 g/mol. The van der Waals surface area contributed by atoms with E-state index in [9.17, 15) is 0 Å². The highest BCUT2D eigenvalue weighted by Crippen LogP contribution is 2.42. The van der Waals surface area contributed by atoms with Crippen molar-refractivity contribution in [3.8, 4) is 0 Å². The van der Waals surface area contributed by atoms with E-state index in [2.05, 4.69) is 12.2 Å².